The summed E-state index contributed by atoms with van der Waals surface area (Å²) in [6.07, 6.45) is 0. The van der Waals surface area contributed by atoms with Gasteiger partial charge in [-0.3, -0.25) is 0 Å². The van der Waals surface area contributed by atoms with Crippen molar-refractivity contribution in [3.05, 3.63) is 59.7 Å². The van der Waals surface area contributed by atoms with Crippen LogP contribution in [0.2, 0.25) is 0 Å². The number of nitrogens with two attached hydrogens (primary N) is 1. The van der Waals surface area contributed by atoms with E-state index in [-0.39, 0.29) is 4.90 Å². The molecular formula is C14H16N2O2S. The molecule has 0 heterocycles. The summed E-state index contributed by atoms with van der Waals surface area (Å²) in [5.41, 5.74) is 2.54. The third-order valence-corrected chi connectivity index (χ3v) is 3.97. The first-order valence-electron chi connectivity index (χ1n) is 5.88. The molecule has 0 saturated heterocycles. The van der Waals surface area contributed by atoms with Gasteiger partial charge < -0.3 is 5.32 Å². The highest BCUT2D eigenvalue weighted by Crippen LogP contribution is 2.22. The van der Waals surface area contributed by atoms with Crippen LogP contribution in [0.4, 0.5) is 5.69 Å². The Morgan fingerprint density at radius 1 is 1.05 bits per heavy atom. The van der Waals surface area contributed by atoms with Crippen LogP contribution >= 0.6 is 0 Å². The molecule has 0 aliphatic heterocycles. The lowest BCUT2D eigenvalue weighted by Gasteiger charge is -2.12. The SMILES string of the molecule is Cc1c(NCc2ccccc2)cccc1S(N)(=O)=O. The predicted molar refractivity (Wildman–Crippen MR) is 76.3 cm³/mol. The molecule has 5 heteroatoms. The normalized spacial score (nSPS) is 11.3. The summed E-state index contributed by atoms with van der Waals surface area (Å²) in [6, 6.07) is 14.9. The van der Waals surface area contributed by atoms with Gasteiger partial charge in [0.2, 0.25) is 10.0 Å². The molecule has 0 spiro atoms. The van der Waals surface area contributed by atoms with Crippen molar-refractivity contribution in [2.24, 2.45) is 5.14 Å². The van der Waals surface area contributed by atoms with Crippen molar-refractivity contribution in [3.8, 4) is 0 Å². The number of rotatable bonds is 4. The molecule has 0 aliphatic rings. The van der Waals surface area contributed by atoms with Crippen LogP contribution in [-0.2, 0) is 16.6 Å². The summed E-state index contributed by atoms with van der Waals surface area (Å²) in [7, 11) is -3.68. The second-order valence-corrected chi connectivity index (χ2v) is 5.84. The van der Waals surface area contributed by atoms with Crippen molar-refractivity contribution in [1.29, 1.82) is 0 Å². The number of anilines is 1. The monoisotopic (exact) mass is 276 g/mol. The minimum atomic E-state index is -3.68. The van der Waals surface area contributed by atoms with E-state index in [0.29, 0.717) is 12.1 Å². The first-order chi connectivity index (χ1) is 8.98. The molecule has 0 aliphatic carbocycles. The minimum Gasteiger partial charge on any atom is -0.381 e. The smallest absolute Gasteiger partial charge is 0.238 e. The third kappa shape index (κ3) is 3.33. The number of sulfonamides is 1. The highest BCUT2D eigenvalue weighted by molar-refractivity contribution is 7.89. The molecular weight excluding hydrogens is 260 g/mol. The van der Waals surface area contributed by atoms with E-state index in [2.05, 4.69) is 5.32 Å². The van der Waals surface area contributed by atoms with Crippen LogP contribution in [-0.4, -0.2) is 8.42 Å². The Kier molecular flexibility index (Phi) is 3.87. The largest absolute Gasteiger partial charge is 0.381 e. The first kappa shape index (κ1) is 13.6. The Morgan fingerprint density at radius 3 is 2.37 bits per heavy atom. The average molecular weight is 276 g/mol. The van der Waals surface area contributed by atoms with Crippen LogP contribution in [0.5, 0.6) is 0 Å². The predicted octanol–water partition coefficient (Wildman–Crippen LogP) is 2.25. The molecule has 2 rings (SSSR count). The van der Waals surface area contributed by atoms with Gasteiger partial charge in [-0.05, 0) is 30.2 Å². The molecule has 0 unspecified atom stereocenters. The second-order valence-electron chi connectivity index (χ2n) is 4.31. The third-order valence-electron chi connectivity index (χ3n) is 2.92. The quantitative estimate of drug-likeness (QED) is 0.899. The molecule has 0 fully saturated rings. The fraction of sp³-hybridized carbons (Fsp3) is 0.143. The standard InChI is InChI=1S/C14H16N2O2S/c1-11-13(8-5-9-14(11)19(15,17)18)16-10-12-6-3-2-4-7-12/h2-9,16H,10H2,1H3,(H2,15,17,18). The van der Waals surface area contributed by atoms with Crippen molar-refractivity contribution >= 4 is 15.7 Å². The molecule has 0 saturated carbocycles. The zero-order valence-electron chi connectivity index (χ0n) is 10.6. The maximum absolute atomic E-state index is 11.4. The second kappa shape index (κ2) is 5.42. The summed E-state index contributed by atoms with van der Waals surface area (Å²) in [5.74, 6) is 0. The zero-order chi connectivity index (χ0) is 13.9. The van der Waals surface area contributed by atoms with Gasteiger partial charge in [0.15, 0.2) is 0 Å². The number of hydrogen-bond donors (Lipinski definition) is 2. The van der Waals surface area contributed by atoms with Gasteiger partial charge >= 0.3 is 0 Å². The summed E-state index contributed by atoms with van der Waals surface area (Å²) < 4.78 is 22.9. The fourth-order valence-electron chi connectivity index (χ4n) is 1.91. The van der Waals surface area contributed by atoms with Crippen LogP contribution in [0, 0.1) is 6.92 Å². The molecule has 4 nitrogen and oxygen atoms in total. The van der Waals surface area contributed by atoms with Gasteiger partial charge in [0.25, 0.3) is 0 Å². The van der Waals surface area contributed by atoms with Crippen molar-refractivity contribution in [2.75, 3.05) is 5.32 Å². The maximum atomic E-state index is 11.4. The molecule has 19 heavy (non-hydrogen) atoms. The number of primary sulfonamides is 1. The van der Waals surface area contributed by atoms with Gasteiger partial charge in [-0.1, -0.05) is 36.4 Å². The Labute approximate surface area is 113 Å². The molecule has 0 radical (unpaired) electrons. The van der Waals surface area contributed by atoms with E-state index < -0.39 is 10.0 Å². The topological polar surface area (TPSA) is 72.2 Å². The van der Waals surface area contributed by atoms with E-state index in [1.807, 2.05) is 36.4 Å². The van der Waals surface area contributed by atoms with E-state index in [4.69, 9.17) is 5.14 Å². The Bertz CT molecular complexity index is 667. The minimum absolute atomic E-state index is 0.158. The first-order valence-corrected chi connectivity index (χ1v) is 7.43. The summed E-state index contributed by atoms with van der Waals surface area (Å²) in [4.78, 5) is 0.158. The van der Waals surface area contributed by atoms with Gasteiger partial charge in [-0.2, -0.15) is 0 Å². The van der Waals surface area contributed by atoms with Crippen LogP contribution in [0.3, 0.4) is 0 Å². The molecule has 3 N–H and O–H groups in total. The lowest BCUT2D eigenvalue weighted by atomic mass is 10.2. The van der Waals surface area contributed by atoms with E-state index in [1.165, 1.54) is 6.07 Å². The van der Waals surface area contributed by atoms with Gasteiger partial charge in [0, 0.05) is 12.2 Å². The highest BCUT2D eigenvalue weighted by Gasteiger charge is 2.13. The molecule has 0 atom stereocenters. The number of benzene rings is 2. The number of hydrogen-bond acceptors (Lipinski definition) is 3. The van der Waals surface area contributed by atoms with E-state index in [1.54, 1.807) is 13.0 Å². The van der Waals surface area contributed by atoms with E-state index in [0.717, 1.165) is 11.3 Å². The van der Waals surface area contributed by atoms with E-state index in [9.17, 15) is 8.42 Å². The summed E-state index contributed by atoms with van der Waals surface area (Å²) in [6.45, 7) is 2.38. The van der Waals surface area contributed by atoms with Crippen LogP contribution in [0.15, 0.2) is 53.4 Å². The van der Waals surface area contributed by atoms with Crippen molar-refractivity contribution in [2.45, 2.75) is 18.4 Å². The molecule has 100 valence electrons. The van der Waals surface area contributed by atoms with Crippen molar-refractivity contribution in [1.82, 2.24) is 0 Å². The van der Waals surface area contributed by atoms with Crippen LogP contribution in [0.1, 0.15) is 11.1 Å². The highest BCUT2D eigenvalue weighted by atomic mass is 32.2. The Hall–Kier alpha value is -1.85. The maximum Gasteiger partial charge on any atom is 0.238 e. The molecule has 0 bridgehead atoms. The van der Waals surface area contributed by atoms with Crippen LogP contribution in [0.25, 0.3) is 0 Å². The Morgan fingerprint density at radius 2 is 1.74 bits per heavy atom. The zero-order valence-corrected chi connectivity index (χ0v) is 11.4. The van der Waals surface area contributed by atoms with E-state index >= 15 is 0 Å². The van der Waals surface area contributed by atoms with Crippen LogP contribution < -0.4 is 10.5 Å². The molecule has 0 aromatic heterocycles. The molecule has 2 aromatic carbocycles. The van der Waals surface area contributed by atoms with Gasteiger partial charge in [0.05, 0.1) is 4.90 Å². The summed E-state index contributed by atoms with van der Waals surface area (Å²) in [5, 5.41) is 8.40. The fourth-order valence-corrected chi connectivity index (χ4v) is 2.71. The van der Waals surface area contributed by atoms with Crippen molar-refractivity contribution < 1.29 is 8.42 Å². The lowest BCUT2D eigenvalue weighted by Crippen LogP contribution is -2.14. The summed E-state index contributed by atoms with van der Waals surface area (Å²) >= 11 is 0. The van der Waals surface area contributed by atoms with Gasteiger partial charge in [0.1, 0.15) is 0 Å². The molecule has 2 aromatic rings. The lowest BCUT2D eigenvalue weighted by molar-refractivity contribution is 0.597. The molecule has 0 amide bonds. The number of nitrogens with one attached hydrogen (secondary N) is 1. The average Bonchev–Trinajstić information content (AvgIpc) is 2.37. The van der Waals surface area contributed by atoms with Gasteiger partial charge in [-0.25, -0.2) is 13.6 Å². The van der Waals surface area contributed by atoms with Gasteiger partial charge in [-0.15, -0.1) is 0 Å². The Balaban J connectivity index is 2.23. The van der Waals surface area contributed by atoms with Crippen molar-refractivity contribution in [3.63, 3.8) is 0 Å².